The highest BCUT2D eigenvalue weighted by Gasteiger charge is 2.31. The van der Waals surface area contributed by atoms with Crippen molar-refractivity contribution in [2.24, 2.45) is 0 Å². The van der Waals surface area contributed by atoms with Gasteiger partial charge in [0.2, 0.25) is 0 Å². The Kier molecular flexibility index (Phi) is 10.1. The first-order valence-corrected chi connectivity index (χ1v) is 17.9. The molecule has 6 rings (SSSR count). The molecular formula is C35H39F3N4O5S. The van der Waals surface area contributed by atoms with Gasteiger partial charge >= 0.3 is 6.36 Å². The Balaban J connectivity index is 0.954. The highest BCUT2D eigenvalue weighted by molar-refractivity contribution is 7.90. The number of likely N-dealkylation sites (tertiary alicyclic amines) is 1. The van der Waals surface area contributed by atoms with Gasteiger partial charge in [-0.3, -0.25) is 19.5 Å². The van der Waals surface area contributed by atoms with Crippen LogP contribution in [0.4, 0.5) is 13.2 Å². The summed E-state index contributed by atoms with van der Waals surface area (Å²) in [5.74, 6) is -0.220. The average molecular weight is 685 g/mol. The second-order valence-corrected chi connectivity index (χ2v) is 14.7. The van der Waals surface area contributed by atoms with E-state index in [4.69, 9.17) is 4.42 Å². The summed E-state index contributed by atoms with van der Waals surface area (Å²) in [7, 11) is -3.20. The van der Waals surface area contributed by atoms with E-state index in [0.29, 0.717) is 30.1 Å². The minimum absolute atomic E-state index is 0.0251. The minimum Gasteiger partial charge on any atom is -0.451 e. The Labute approximate surface area is 278 Å². The molecule has 1 aromatic heterocycles. The summed E-state index contributed by atoms with van der Waals surface area (Å²) in [6.45, 7) is 7.12. The molecule has 3 aromatic carbocycles. The molecule has 0 unspecified atom stereocenters. The van der Waals surface area contributed by atoms with E-state index in [1.807, 2.05) is 24.3 Å². The molecule has 0 aliphatic carbocycles. The van der Waals surface area contributed by atoms with E-state index < -0.39 is 16.2 Å². The molecule has 2 aliphatic rings. The summed E-state index contributed by atoms with van der Waals surface area (Å²) >= 11 is 0. The van der Waals surface area contributed by atoms with Gasteiger partial charge in [-0.15, -0.1) is 13.2 Å². The molecule has 3 heterocycles. The fourth-order valence-electron chi connectivity index (χ4n) is 6.36. The maximum Gasteiger partial charge on any atom is 0.573 e. The zero-order chi connectivity index (χ0) is 33.9. The number of nitrogens with zero attached hydrogens (tertiary/aromatic N) is 3. The van der Waals surface area contributed by atoms with Crippen LogP contribution in [0.15, 0.2) is 82.1 Å². The van der Waals surface area contributed by atoms with Crippen LogP contribution >= 0.6 is 0 Å². The van der Waals surface area contributed by atoms with Gasteiger partial charge in [-0.25, -0.2) is 8.42 Å². The molecule has 0 atom stereocenters. The van der Waals surface area contributed by atoms with Crippen LogP contribution in [-0.4, -0.2) is 87.0 Å². The fraction of sp³-hybridized carbons (Fsp3) is 0.400. The smallest absolute Gasteiger partial charge is 0.451 e. The van der Waals surface area contributed by atoms with Crippen molar-refractivity contribution in [1.82, 2.24) is 20.0 Å². The lowest BCUT2D eigenvalue weighted by Gasteiger charge is -2.34. The second-order valence-electron chi connectivity index (χ2n) is 12.7. The Hall–Kier alpha value is -3.91. The molecule has 0 bridgehead atoms. The molecule has 4 aromatic rings. The van der Waals surface area contributed by atoms with Gasteiger partial charge in [0.25, 0.3) is 5.91 Å². The summed E-state index contributed by atoms with van der Waals surface area (Å²) in [5, 5.41) is 3.96. The number of carbonyl (C=O) groups is 1. The van der Waals surface area contributed by atoms with Crippen molar-refractivity contribution in [2.75, 3.05) is 45.5 Å². The standard InChI is InChI=1S/C35H39F3N4O5S/c1-48(44,45)31-8-5-25(6-9-31)22-41-15-17-42(18-16-41)24-27-7-10-32-28(19-27)21-33(46-32)34(43)39-29-11-13-40(14-12-29)23-26-3-2-4-30(20-26)47-35(36,37)38/h2-10,19-21,29H,11-18,22-24H2,1H3,(H,39,43). The van der Waals surface area contributed by atoms with Gasteiger partial charge in [-0.05, 0) is 72.0 Å². The van der Waals surface area contributed by atoms with Gasteiger partial charge in [-0.1, -0.05) is 30.3 Å². The quantitative estimate of drug-likeness (QED) is 0.236. The number of alkyl halides is 3. The van der Waals surface area contributed by atoms with Crippen molar-refractivity contribution < 1.29 is 35.5 Å². The Morgan fingerprint density at radius 2 is 1.40 bits per heavy atom. The number of fused-ring (bicyclic) bond motifs is 1. The van der Waals surface area contributed by atoms with Crippen LogP contribution in [0, 0.1) is 0 Å². The number of amides is 1. The van der Waals surface area contributed by atoms with Crippen molar-refractivity contribution in [1.29, 1.82) is 0 Å². The van der Waals surface area contributed by atoms with Gasteiger partial charge in [-0.2, -0.15) is 0 Å². The summed E-state index contributed by atoms with van der Waals surface area (Å²) in [5.41, 5.74) is 3.62. The van der Waals surface area contributed by atoms with Crippen molar-refractivity contribution in [3.63, 3.8) is 0 Å². The van der Waals surface area contributed by atoms with Crippen molar-refractivity contribution in [3.8, 4) is 5.75 Å². The third kappa shape index (κ3) is 9.16. The van der Waals surface area contributed by atoms with Crippen LogP contribution in [0.3, 0.4) is 0 Å². The normalized spacial score (nSPS) is 17.5. The van der Waals surface area contributed by atoms with Crippen LogP contribution < -0.4 is 10.1 Å². The number of piperazine rings is 1. The number of rotatable bonds is 10. The number of carbonyl (C=O) groups excluding carboxylic acids is 1. The van der Waals surface area contributed by atoms with E-state index in [-0.39, 0.29) is 23.5 Å². The van der Waals surface area contributed by atoms with E-state index in [0.717, 1.165) is 74.2 Å². The van der Waals surface area contributed by atoms with Gasteiger partial charge in [0, 0.05) is 76.6 Å². The molecule has 256 valence electrons. The zero-order valence-corrected chi connectivity index (χ0v) is 27.5. The van der Waals surface area contributed by atoms with Gasteiger partial charge in [0.05, 0.1) is 4.90 Å². The monoisotopic (exact) mass is 684 g/mol. The lowest BCUT2D eigenvalue weighted by molar-refractivity contribution is -0.274. The fourth-order valence-corrected chi connectivity index (χ4v) is 6.99. The third-order valence-electron chi connectivity index (χ3n) is 8.89. The van der Waals surface area contributed by atoms with E-state index in [1.165, 1.54) is 18.4 Å². The molecule has 0 spiro atoms. The molecule has 2 aliphatic heterocycles. The summed E-state index contributed by atoms with van der Waals surface area (Å²) in [6.07, 6.45) is -2.07. The number of furan rings is 1. The van der Waals surface area contributed by atoms with Crippen LogP contribution in [0.1, 0.15) is 40.1 Å². The van der Waals surface area contributed by atoms with Crippen LogP contribution in [0.5, 0.6) is 5.75 Å². The summed E-state index contributed by atoms with van der Waals surface area (Å²) < 4.78 is 71.1. The molecule has 1 amide bonds. The van der Waals surface area contributed by atoms with E-state index >= 15 is 0 Å². The number of nitrogens with one attached hydrogen (secondary N) is 1. The average Bonchev–Trinajstić information content (AvgIpc) is 3.46. The number of hydrogen-bond acceptors (Lipinski definition) is 8. The predicted octanol–water partition coefficient (Wildman–Crippen LogP) is 5.45. The molecular weight excluding hydrogens is 645 g/mol. The van der Waals surface area contributed by atoms with Crippen LogP contribution in [0.2, 0.25) is 0 Å². The SMILES string of the molecule is CS(=O)(=O)c1ccc(CN2CCN(Cc3ccc4oc(C(=O)NC5CCN(Cc6cccc(OC(F)(F)F)c6)CC5)cc4c3)CC2)cc1. The second kappa shape index (κ2) is 14.3. The van der Waals surface area contributed by atoms with E-state index in [2.05, 4.69) is 30.8 Å². The van der Waals surface area contributed by atoms with Crippen molar-refractivity contribution in [3.05, 3.63) is 95.2 Å². The number of halogens is 3. The number of hydrogen-bond donors (Lipinski definition) is 1. The first kappa shape index (κ1) is 34.0. The third-order valence-corrected chi connectivity index (χ3v) is 10.0. The lowest BCUT2D eigenvalue weighted by Crippen LogP contribution is -2.45. The number of sulfone groups is 1. The maximum atomic E-state index is 13.1. The Morgan fingerprint density at radius 3 is 2.02 bits per heavy atom. The molecule has 0 radical (unpaired) electrons. The number of benzene rings is 3. The molecule has 2 saturated heterocycles. The largest absolute Gasteiger partial charge is 0.573 e. The zero-order valence-electron chi connectivity index (χ0n) is 26.7. The first-order valence-electron chi connectivity index (χ1n) is 16.0. The van der Waals surface area contributed by atoms with Gasteiger partial charge in [0.15, 0.2) is 15.6 Å². The van der Waals surface area contributed by atoms with Crippen LogP contribution in [0.25, 0.3) is 11.0 Å². The molecule has 13 heteroatoms. The topological polar surface area (TPSA) is 95.3 Å². The summed E-state index contributed by atoms with van der Waals surface area (Å²) in [6, 6.07) is 20.9. The lowest BCUT2D eigenvalue weighted by atomic mass is 10.0. The molecule has 0 saturated carbocycles. The number of piperidine rings is 1. The Morgan fingerprint density at radius 1 is 0.812 bits per heavy atom. The Bertz CT molecular complexity index is 1830. The molecule has 9 nitrogen and oxygen atoms in total. The van der Waals surface area contributed by atoms with Crippen LogP contribution in [-0.2, 0) is 29.5 Å². The highest BCUT2D eigenvalue weighted by Crippen LogP contribution is 2.26. The van der Waals surface area contributed by atoms with E-state index in [1.54, 1.807) is 30.3 Å². The van der Waals surface area contributed by atoms with Gasteiger partial charge in [0.1, 0.15) is 11.3 Å². The molecule has 2 fully saturated rings. The first-order chi connectivity index (χ1) is 22.9. The van der Waals surface area contributed by atoms with Crippen molar-refractivity contribution >= 4 is 26.7 Å². The highest BCUT2D eigenvalue weighted by atomic mass is 32.2. The van der Waals surface area contributed by atoms with Crippen molar-refractivity contribution in [2.45, 2.75) is 49.8 Å². The molecule has 1 N–H and O–H groups in total. The molecule has 48 heavy (non-hydrogen) atoms. The summed E-state index contributed by atoms with van der Waals surface area (Å²) in [4.78, 5) is 20.3. The number of ether oxygens (including phenoxy) is 1. The maximum absolute atomic E-state index is 13.1. The predicted molar refractivity (Wildman–Crippen MR) is 175 cm³/mol. The van der Waals surface area contributed by atoms with Gasteiger partial charge < -0.3 is 14.5 Å². The minimum atomic E-state index is -4.73. The van der Waals surface area contributed by atoms with E-state index in [9.17, 15) is 26.4 Å².